The van der Waals surface area contributed by atoms with Crippen LogP contribution >= 0.6 is 11.8 Å². The number of rotatable bonds is 3. The molecule has 3 atom stereocenters. The summed E-state index contributed by atoms with van der Waals surface area (Å²) in [4.78, 5) is 13.6. The van der Waals surface area contributed by atoms with Gasteiger partial charge < -0.3 is 10.4 Å². The number of aliphatic hydroxyl groups excluding tert-OH is 1. The highest BCUT2D eigenvalue weighted by Gasteiger charge is 2.33. The third-order valence-corrected chi connectivity index (χ3v) is 5.42. The molecule has 3 rings (SSSR count). The van der Waals surface area contributed by atoms with E-state index in [4.69, 9.17) is 0 Å². The van der Waals surface area contributed by atoms with Gasteiger partial charge in [-0.3, -0.25) is 4.79 Å². The van der Waals surface area contributed by atoms with Crippen molar-refractivity contribution in [2.45, 2.75) is 36.1 Å². The normalized spacial score (nSPS) is 29.2. The van der Waals surface area contributed by atoms with Crippen molar-refractivity contribution in [3.63, 3.8) is 0 Å². The number of hydrogen-bond donors (Lipinski definition) is 2. The number of thioether (sulfide) groups is 1. The molecule has 0 bridgehead atoms. The Morgan fingerprint density at radius 1 is 1.37 bits per heavy atom. The molecule has 1 fully saturated rings. The Morgan fingerprint density at radius 2 is 2.21 bits per heavy atom. The number of aliphatic hydroxyl groups is 1. The zero-order chi connectivity index (χ0) is 13.2. The maximum absolute atomic E-state index is 12.4. The minimum atomic E-state index is -0.0267. The highest BCUT2D eigenvalue weighted by Crippen LogP contribution is 2.39. The van der Waals surface area contributed by atoms with E-state index in [0.717, 1.165) is 30.6 Å². The highest BCUT2D eigenvalue weighted by molar-refractivity contribution is 7.99. The predicted molar refractivity (Wildman–Crippen MR) is 76.3 cm³/mol. The molecule has 4 heteroatoms. The lowest BCUT2D eigenvalue weighted by Gasteiger charge is -2.21. The van der Waals surface area contributed by atoms with Gasteiger partial charge in [0.25, 0.3) is 0 Å². The van der Waals surface area contributed by atoms with Crippen LogP contribution in [0, 0.1) is 5.92 Å². The van der Waals surface area contributed by atoms with Gasteiger partial charge in [0, 0.05) is 29.2 Å². The van der Waals surface area contributed by atoms with Gasteiger partial charge in [0.15, 0.2) is 0 Å². The molecule has 1 saturated carbocycles. The average molecular weight is 277 g/mol. The summed E-state index contributed by atoms with van der Waals surface area (Å²) >= 11 is 1.76. The van der Waals surface area contributed by atoms with Crippen LogP contribution in [0.1, 0.15) is 30.7 Å². The smallest absolute Gasteiger partial charge is 0.228 e. The van der Waals surface area contributed by atoms with E-state index in [9.17, 15) is 9.90 Å². The van der Waals surface area contributed by atoms with Gasteiger partial charge in [0.2, 0.25) is 5.91 Å². The van der Waals surface area contributed by atoms with E-state index in [1.165, 1.54) is 4.90 Å². The van der Waals surface area contributed by atoms with E-state index in [2.05, 4.69) is 17.4 Å². The van der Waals surface area contributed by atoms with Crippen molar-refractivity contribution >= 4 is 17.7 Å². The molecule has 0 aromatic heterocycles. The van der Waals surface area contributed by atoms with Crippen LogP contribution in [0.5, 0.6) is 0 Å². The quantitative estimate of drug-likeness (QED) is 0.890. The maximum atomic E-state index is 12.4. The van der Waals surface area contributed by atoms with Gasteiger partial charge in [-0.1, -0.05) is 24.6 Å². The lowest BCUT2D eigenvalue weighted by Crippen LogP contribution is -2.41. The lowest BCUT2D eigenvalue weighted by atomic mass is 9.98. The Morgan fingerprint density at radius 3 is 3.05 bits per heavy atom. The Balaban J connectivity index is 1.69. The van der Waals surface area contributed by atoms with Crippen molar-refractivity contribution in [3.05, 3.63) is 29.8 Å². The van der Waals surface area contributed by atoms with Crippen molar-refractivity contribution in [3.8, 4) is 0 Å². The van der Waals surface area contributed by atoms with Gasteiger partial charge in [-0.25, -0.2) is 0 Å². The number of nitrogens with one attached hydrogen (secondary N) is 1. The largest absolute Gasteiger partial charge is 0.396 e. The van der Waals surface area contributed by atoms with E-state index in [1.54, 1.807) is 11.8 Å². The van der Waals surface area contributed by atoms with E-state index >= 15 is 0 Å². The molecular weight excluding hydrogens is 258 g/mol. The van der Waals surface area contributed by atoms with E-state index in [1.807, 2.05) is 12.1 Å². The minimum Gasteiger partial charge on any atom is -0.396 e. The number of fused-ring (bicyclic) bond motifs is 1. The fourth-order valence-electron chi connectivity index (χ4n) is 3.11. The van der Waals surface area contributed by atoms with Crippen molar-refractivity contribution in [1.29, 1.82) is 0 Å². The lowest BCUT2D eigenvalue weighted by molar-refractivity contribution is -0.123. The number of carbonyl (C=O) groups excluding carboxylic acids is 1. The van der Waals surface area contributed by atoms with Crippen molar-refractivity contribution in [2.24, 2.45) is 5.92 Å². The van der Waals surface area contributed by atoms with E-state index in [-0.39, 0.29) is 30.4 Å². The number of hydrogen-bond acceptors (Lipinski definition) is 3. The summed E-state index contributed by atoms with van der Waals surface area (Å²) in [5, 5.41) is 12.5. The fourth-order valence-corrected chi connectivity index (χ4v) is 4.34. The van der Waals surface area contributed by atoms with E-state index < -0.39 is 0 Å². The van der Waals surface area contributed by atoms with E-state index in [0.29, 0.717) is 0 Å². The molecule has 1 heterocycles. The highest BCUT2D eigenvalue weighted by atomic mass is 32.2. The molecule has 2 N–H and O–H groups in total. The van der Waals surface area contributed by atoms with Crippen LogP contribution in [0.25, 0.3) is 0 Å². The SMILES string of the molecule is O=C(NC1CCCC1CO)C1CSc2ccccc21. The van der Waals surface area contributed by atoms with Gasteiger partial charge in [-0.15, -0.1) is 11.8 Å². The molecule has 1 aromatic rings. The number of amides is 1. The van der Waals surface area contributed by atoms with Crippen molar-refractivity contribution in [2.75, 3.05) is 12.4 Å². The zero-order valence-electron chi connectivity index (χ0n) is 10.8. The molecule has 3 nitrogen and oxygen atoms in total. The topological polar surface area (TPSA) is 49.3 Å². The minimum absolute atomic E-state index is 0.0267. The average Bonchev–Trinajstić information content (AvgIpc) is 3.04. The van der Waals surface area contributed by atoms with Crippen LogP contribution in [-0.2, 0) is 4.79 Å². The maximum Gasteiger partial charge on any atom is 0.228 e. The first-order chi connectivity index (χ1) is 9.29. The summed E-state index contributed by atoms with van der Waals surface area (Å²) in [6.45, 7) is 0.181. The van der Waals surface area contributed by atoms with Crippen LogP contribution in [0.4, 0.5) is 0 Å². The standard InChI is InChI=1S/C15H19NO2S/c17-8-10-4-3-6-13(10)16-15(18)12-9-19-14-7-2-1-5-11(12)14/h1-2,5,7,10,12-13,17H,3-4,6,8-9H2,(H,16,18). The van der Waals surface area contributed by atoms with Gasteiger partial charge >= 0.3 is 0 Å². The second-order valence-corrected chi connectivity index (χ2v) is 6.45. The third kappa shape index (κ3) is 2.51. The Bertz CT molecular complexity index is 477. The summed E-state index contributed by atoms with van der Waals surface area (Å²) in [5.41, 5.74) is 1.16. The molecule has 1 aliphatic heterocycles. The molecule has 3 unspecified atom stereocenters. The Hall–Kier alpha value is -1.00. The molecule has 1 amide bonds. The first-order valence-corrected chi connectivity index (χ1v) is 7.91. The first kappa shape index (κ1) is 13.0. The fraction of sp³-hybridized carbons (Fsp3) is 0.533. The summed E-state index contributed by atoms with van der Waals surface area (Å²) in [6.07, 6.45) is 3.13. The van der Waals surface area contributed by atoms with Crippen LogP contribution < -0.4 is 5.32 Å². The third-order valence-electron chi connectivity index (χ3n) is 4.24. The molecule has 1 aromatic carbocycles. The van der Waals surface area contributed by atoms with Crippen LogP contribution in [0.3, 0.4) is 0 Å². The Kier molecular flexibility index (Phi) is 3.80. The summed E-state index contributed by atoms with van der Waals surface area (Å²) in [5.74, 6) is 1.18. The van der Waals surface area contributed by atoms with Gasteiger partial charge in [0.1, 0.15) is 0 Å². The monoisotopic (exact) mass is 277 g/mol. The number of carbonyl (C=O) groups is 1. The zero-order valence-corrected chi connectivity index (χ0v) is 11.7. The summed E-state index contributed by atoms with van der Waals surface area (Å²) in [6, 6.07) is 8.31. The molecule has 102 valence electrons. The van der Waals surface area contributed by atoms with Gasteiger partial charge in [-0.2, -0.15) is 0 Å². The Labute approximate surface area is 117 Å². The van der Waals surface area contributed by atoms with Gasteiger partial charge in [-0.05, 0) is 24.5 Å². The molecular formula is C15H19NO2S. The van der Waals surface area contributed by atoms with Crippen molar-refractivity contribution < 1.29 is 9.90 Å². The second-order valence-electron chi connectivity index (χ2n) is 5.39. The van der Waals surface area contributed by atoms with Crippen molar-refractivity contribution in [1.82, 2.24) is 5.32 Å². The molecule has 2 aliphatic rings. The summed E-state index contributed by atoms with van der Waals surface area (Å²) in [7, 11) is 0. The molecule has 0 saturated heterocycles. The van der Waals surface area contributed by atoms with Crippen LogP contribution in [0.2, 0.25) is 0 Å². The molecule has 0 radical (unpaired) electrons. The predicted octanol–water partition coefficient (Wildman–Crippen LogP) is 2.15. The van der Waals surface area contributed by atoms with Gasteiger partial charge in [0.05, 0.1) is 5.92 Å². The second kappa shape index (κ2) is 5.55. The molecule has 0 spiro atoms. The molecule has 1 aliphatic carbocycles. The number of benzene rings is 1. The first-order valence-electron chi connectivity index (χ1n) is 6.92. The summed E-state index contributed by atoms with van der Waals surface area (Å²) < 4.78 is 0. The van der Waals surface area contributed by atoms with Crippen LogP contribution in [-0.4, -0.2) is 29.4 Å². The molecule has 19 heavy (non-hydrogen) atoms. The van der Waals surface area contributed by atoms with Crippen LogP contribution in [0.15, 0.2) is 29.2 Å².